The van der Waals surface area contributed by atoms with Crippen LogP contribution in [0.5, 0.6) is 0 Å². The number of imide groups is 1. The summed E-state index contributed by atoms with van der Waals surface area (Å²) in [6.45, 7) is 1.68. The van der Waals surface area contributed by atoms with Gasteiger partial charge in [0, 0.05) is 13.8 Å². The number of aromatic nitrogens is 4. The topological polar surface area (TPSA) is 160 Å². The molecule has 1 aliphatic rings. The molecule has 0 aromatic carbocycles. The summed E-state index contributed by atoms with van der Waals surface area (Å²) in [6, 6.07) is 0. The minimum Gasteiger partial charge on any atom is -0.394 e. The number of nitrogens with zero attached hydrogens (tertiary/aromatic N) is 4. The Morgan fingerprint density at radius 2 is 2.14 bits per heavy atom. The fourth-order valence-electron chi connectivity index (χ4n) is 3.14. The van der Waals surface area contributed by atoms with Crippen molar-refractivity contribution in [2.24, 2.45) is 0 Å². The van der Waals surface area contributed by atoms with Gasteiger partial charge in [0.05, 0.1) is 12.9 Å². The molecule has 12 nitrogen and oxygen atoms in total. The normalized spacial score (nSPS) is 23.8. The highest BCUT2D eigenvalue weighted by Crippen LogP contribution is 2.33. The van der Waals surface area contributed by atoms with E-state index < -0.39 is 48.5 Å². The second-order valence-electron chi connectivity index (χ2n) is 6.31. The second-order valence-corrected chi connectivity index (χ2v) is 6.31. The van der Waals surface area contributed by atoms with Crippen LogP contribution in [0.15, 0.2) is 11.1 Å². The van der Waals surface area contributed by atoms with Crippen molar-refractivity contribution >= 4 is 28.9 Å². The largest absolute Gasteiger partial charge is 0.394 e. The molecule has 4 atom stereocenters. The zero-order valence-corrected chi connectivity index (χ0v) is 15.6. The summed E-state index contributed by atoms with van der Waals surface area (Å²) in [5.74, 6) is 0.703. The number of imidazole rings is 1. The summed E-state index contributed by atoms with van der Waals surface area (Å²) in [5.41, 5.74) is -0.780. The van der Waals surface area contributed by atoms with Crippen molar-refractivity contribution in [2.75, 3.05) is 18.1 Å². The number of hydrogen-bond donors (Lipinski definition) is 3. The van der Waals surface area contributed by atoms with E-state index in [4.69, 9.17) is 15.9 Å². The van der Waals surface area contributed by atoms with Gasteiger partial charge >= 0.3 is 0 Å². The van der Waals surface area contributed by atoms with Crippen molar-refractivity contribution in [1.82, 2.24) is 19.5 Å². The fraction of sp³-hybridized carbons (Fsp3) is 0.471. The molecule has 12 heteroatoms. The third-order valence-corrected chi connectivity index (χ3v) is 4.39. The number of amides is 2. The molecule has 1 aliphatic heterocycles. The van der Waals surface area contributed by atoms with Gasteiger partial charge in [-0.3, -0.25) is 23.9 Å². The number of rotatable bonds is 5. The monoisotopic (exact) mass is 405 g/mol. The Morgan fingerprint density at radius 3 is 2.72 bits per heavy atom. The number of hydrogen-bond acceptors (Lipinski definition) is 9. The first kappa shape index (κ1) is 20.6. The first-order valence-electron chi connectivity index (χ1n) is 8.57. The number of terminal acetylenes is 1. The van der Waals surface area contributed by atoms with Crippen LogP contribution in [-0.4, -0.2) is 73.1 Å². The lowest BCUT2D eigenvalue weighted by Crippen LogP contribution is -2.36. The highest BCUT2D eigenvalue weighted by atomic mass is 16.6. The number of carbonyl (C=O) groups is 2. The molecule has 1 fully saturated rings. The van der Waals surface area contributed by atoms with E-state index in [-0.39, 0.29) is 23.7 Å². The molecule has 0 bridgehead atoms. The number of aromatic amines is 1. The predicted octanol–water partition coefficient (Wildman–Crippen LogP) is -1.71. The number of anilines is 1. The van der Waals surface area contributed by atoms with Gasteiger partial charge < -0.3 is 19.7 Å². The van der Waals surface area contributed by atoms with E-state index in [0.717, 1.165) is 13.8 Å². The van der Waals surface area contributed by atoms with Gasteiger partial charge in [0.25, 0.3) is 5.56 Å². The van der Waals surface area contributed by atoms with Crippen LogP contribution < -0.4 is 10.5 Å². The lowest BCUT2D eigenvalue weighted by atomic mass is 10.1. The lowest BCUT2D eigenvalue weighted by molar-refractivity contribution is -0.124. The summed E-state index contributed by atoms with van der Waals surface area (Å²) >= 11 is 0. The third kappa shape index (κ3) is 3.64. The molecule has 0 radical (unpaired) electrons. The van der Waals surface area contributed by atoms with Crippen LogP contribution >= 0.6 is 0 Å². The van der Waals surface area contributed by atoms with E-state index in [9.17, 15) is 24.6 Å². The van der Waals surface area contributed by atoms with Crippen LogP contribution in [0.3, 0.4) is 0 Å². The zero-order chi connectivity index (χ0) is 21.3. The first-order chi connectivity index (χ1) is 13.8. The van der Waals surface area contributed by atoms with Crippen molar-refractivity contribution in [2.45, 2.75) is 38.4 Å². The van der Waals surface area contributed by atoms with Gasteiger partial charge in [-0.2, -0.15) is 4.98 Å². The van der Waals surface area contributed by atoms with Gasteiger partial charge in [0.2, 0.25) is 17.8 Å². The minimum absolute atomic E-state index is 0.0126. The standard InChI is InChI=1S/C17H19N5O7/c1-4-5-28-13-12(26)10(6-23)29-16(13)21-7-18-11-14(21)19-17(20-15(11)27)22(8(2)24)9(3)25/h1,7,10,12-13,16,23,26H,5-6H2,2-3H3,(H,19,20,27)/t10-,12-,13-,16-/m1/s1. The molecule has 1 saturated heterocycles. The Kier molecular flexibility index (Phi) is 5.76. The van der Waals surface area contributed by atoms with Gasteiger partial charge in [-0.1, -0.05) is 5.92 Å². The number of fused-ring (bicyclic) bond motifs is 1. The Hall–Kier alpha value is -3.11. The molecule has 0 aliphatic carbocycles. The number of carbonyl (C=O) groups excluding carboxylic acids is 2. The van der Waals surface area contributed by atoms with Crippen LogP contribution in [0.1, 0.15) is 20.1 Å². The molecular formula is C17H19N5O7. The van der Waals surface area contributed by atoms with Crippen LogP contribution in [0, 0.1) is 12.3 Å². The van der Waals surface area contributed by atoms with E-state index >= 15 is 0 Å². The van der Waals surface area contributed by atoms with Gasteiger partial charge in [-0.05, 0) is 0 Å². The first-order valence-corrected chi connectivity index (χ1v) is 8.57. The quantitative estimate of drug-likeness (QED) is 0.492. The maximum Gasteiger partial charge on any atom is 0.280 e. The predicted molar refractivity (Wildman–Crippen MR) is 97.6 cm³/mol. The summed E-state index contributed by atoms with van der Waals surface area (Å²) in [5, 5.41) is 19.8. The number of nitrogens with one attached hydrogen (secondary N) is 1. The molecule has 3 rings (SSSR count). The van der Waals surface area contributed by atoms with Crippen molar-refractivity contribution in [3.05, 3.63) is 16.7 Å². The third-order valence-electron chi connectivity index (χ3n) is 4.39. The van der Waals surface area contributed by atoms with Crippen LogP contribution in [-0.2, 0) is 19.1 Å². The molecule has 3 heterocycles. The molecule has 2 aromatic rings. The van der Waals surface area contributed by atoms with E-state index in [1.165, 1.54) is 10.9 Å². The molecule has 0 saturated carbocycles. The highest BCUT2D eigenvalue weighted by Gasteiger charge is 2.46. The van der Waals surface area contributed by atoms with Crippen LogP contribution in [0.4, 0.5) is 5.95 Å². The van der Waals surface area contributed by atoms with E-state index in [2.05, 4.69) is 20.9 Å². The van der Waals surface area contributed by atoms with Crippen molar-refractivity contribution in [1.29, 1.82) is 0 Å². The maximum atomic E-state index is 12.4. The minimum atomic E-state index is -1.21. The van der Waals surface area contributed by atoms with Gasteiger partial charge in [-0.15, -0.1) is 6.42 Å². The average molecular weight is 405 g/mol. The van der Waals surface area contributed by atoms with E-state index in [1.54, 1.807) is 0 Å². The fourth-order valence-corrected chi connectivity index (χ4v) is 3.14. The Balaban J connectivity index is 2.12. The molecule has 3 N–H and O–H groups in total. The second kappa shape index (κ2) is 8.10. The van der Waals surface area contributed by atoms with Crippen molar-refractivity contribution < 1.29 is 29.3 Å². The molecule has 2 amide bonds. The number of aliphatic hydroxyl groups is 2. The number of ether oxygens (including phenoxy) is 2. The van der Waals surface area contributed by atoms with Crippen LogP contribution in [0.25, 0.3) is 11.2 Å². The molecule has 0 spiro atoms. The number of aliphatic hydroxyl groups excluding tert-OH is 2. The summed E-state index contributed by atoms with van der Waals surface area (Å²) in [7, 11) is 0. The smallest absolute Gasteiger partial charge is 0.280 e. The van der Waals surface area contributed by atoms with Gasteiger partial charge in [-0.25, -0.2) is 9.88 Å². The molecule has 154 valence electrons. The highest BCUT2D eigenvalue weighted by molar-refractivity contribution is 6.12. The molecule has 2 aromatic heterocycles. The zero-order valence-electron chi connectivity index (χ0n) is 15.6. The summed E-state index contributed by atoms with van der Waals surface area (Å²) in [6.07, 6.45) is 2.28. The van der Waals surface area contributed by atoms with E-state index in [0.29, 0.717) is 4.90 Å². The number of H-pyrrole nitrogens is 1. The van der Waals surface area contributed by atoms with Crippen molar-refractivity contribution in [3.8, 4) is 12.3 Å². The van der Waals surface area contributed by atoms with Gasteiger partial charge in [0.1, 0.15) is 24.9 Å². The molecule has 0 unspecified atom stereocenters. The Labute approximate surface area is 164 Å². The molecule has 29 heavy (non-hydrogen) atoms. The average Bonchev–Trinajstić information content (AvgIpc) is 3.20. The SMILES string of the molecule is C#CCO[C@@H]1[C@H](O)[C@@H](CO)O[C@H]1n1cnc2c(=O)[nH]c(N(C(C)=O)C(C)=O)nc21. The molecular weight excluding hydrogens is 386 g/mol. The van der Waals surface area contributed by atoms with E-state index in [1.807, 2.05) is 0 Å². The summed E-state index contributed by atoms with van der Waals surface area (Å²) in [4.78, 5) is 47.2. The van der Waals surface area contributed by atoms with Crippen LogP contribution in [0.2, 0.25) is 0 Å². The van der Waals surface area contributed by atoms with Crippen molar-refractivity contribution in [3.63, 3.8) is 0 Å². The Morgan fingerprint density at radius 1 is 1.45 bits per heavy atom. The summed E-state index contributed by atoms with van der Waals surface area (Å²) < 4.78 is 12.4. The Bertz CT molecular complexity index is 1020. The lowest BCUT2D eigenvalue weighted by Gasteiger charge is -2.21. The van der Waals surface area contributed by atoms with Gasteiger partial charge in [0.15, 0.2) is 17.4 Å². The maximum absolute atomic E-state index is 12.4.